The van der Waals surface area contributed by atoms with Crippen LogP contribution in [0.3, 0.4) is 0 Å². The minimum absolute atomic E-state index is 0.377. The van der Waals surface area contributed by atoms with Crippen molar-refractivity contribution in [2.24, 2.45) is 0 Å². The van der Waals surface area contributed by atoms with Gasteiger partial charge in [0.1, 0.15) is 6.35 Å². The molecule has 0 aliphatic rings. The lowest BCUT2D eigenvalue weighted by atomic mass is 10.5. The van der Waals surface area contributed by atoms with E-state index in [0.29, 0.717) is 0 Å². The highest BCUT2D eigenvalue weighted by atomic mass is 31.2. The number of hydrogen-bond donors (Lipinski definition) is 2. The maximum atomic E-state index is 10.1. The highest BCUT2D eigenvalue weighted by Gasteiger charge is 2.12. The Labute approximate surface area is 54.0 Å². The largest absolute Gasteiger partial charge is 0.366 e. The van der Waals surface area contributed by atoms with Crippen molar-refractivity contribution in [1.29, 1.82) is 0 Å². The lowest BCUT2D eigenvalue weighted by Gasteiger charge is -2.07. The fourth-order valence-corrected chi connectivity index (χ4v) is 0.673. The molecular formula is C4H10O4P. The Balaban J connectivity index is 3.40. The van der Waals surface area contributed by atoms with Crippen molar-refractivity contribution < 1.29 is 19.1 Å². The average Bonchev–Trinajstić information content (AvgIpc) is 1.59. The molecule has 9 heavy (non-hydrogen) atoms. The maximum Gasteiger partial charge on any atom is 0.350 e. The lowest BCUT2D eigenvalue weighted by molar-refractivity contribution is 0.119. The normalized spacial score (nSPS) is 12.6. The molecule has 0 aromatic heterocycles. The predicted octanol–water partition coefficient (Wildman–Crippen LogP) is 0.361. The molecular weight excluding hydrogens is 143 g/mol. The van der Waals surface area contributed by atoms with Crippen LogP contribution in [0.2, 0.25) is 0 Å². The molecule has 0 aliphatic carbocycles. The van der Waals surface area contributed by atoms with Gasteiger partial charge in [0, 0.05) is 0 Å². The average molecular weight is 153 g/mol. The zero-order valence-corrected chi connectivity index (χ0v) is 6.04. The second kappa shape index (κ2) is 3.32. The van der Waals surface area contributed by atoms with E-state index in [1.54, 1.807) is 6.92 Å². The predicted molar refractivity (Wildman–Crippen MR) is 32.8 cm³/mol. The molecule has 0 saturated carbocycles. The summed E-state index contributed by atoms with van der Waals surface area (Å²) in [6.07, 6.45) is -0.921. The van der Waals surface area contributed by atoms with E-state index in [0.717, 1.165) is 0 Å². The Kier molecular flexibility index (Phi) is 3.36. The summed E-state index contributed by atoms with van der Waals surface area (Å²) in [6, 6.07) is 0. The first-order valence-electron chi connectivity index (χ1n) is 2.41. The molecule has 0 aromatic rings. The van der Waals surface area contributed by atoms with Gasteiger partial charge in [-0.2, -0.15) is 0 Å². The quantitative estimate of drug-likeness (QED) is 0.574. The summed E-state index contributed by atoms with van der Waals surface area (Å²) in [5.74, 6) is 0. The first kappa shape index (κ1) is 9.11. The number of ether oxygens (including phenoxy) is 1. The van der Waals surface area contributed by atoms with Crippen LogP contribution in [0, 0.1) is 6.92 Å². The van der Waals surface area contributed by atoms with E-state index < -0.39 is 13.9 Å². The molecule has 4 nitrogen and oxygen atoms in total. The van der Waals surface area contributed by atoms with Crippen molar-refractivity contribution in [3.8, 4) is 0 Å². The topological polar surface area (TPSA) is 66.8 Å². The molecule has 0 rings (SSSR count). The van der Waals surface area contributed by atoms with Gasteiger partial charge in [0.05, 0.1) is 6.10 Å². The summed E-state index contributed by atoms with van der Waals surface area (Å²) in [5.41, 5.74) is 0. The molecule has 0 spiro atoms. The van der Waals surface area contributed by atoms with Gasteiger partial charge in [-0.3, -0.25) is 4.57 Å². The third-order valence-corrected chi connectivity index (χ3v) is 1.01. The summed E-state index contributed by atoms with van der Waals surface area (Å²) in [7, 11) is -3.98. The minimum atomic E-state index is -3.98. The molecule has 0 bridgehead atoms. The van der Waals surface area contributed by atoms with Crippen LogP contribution >= 0.6 is 7.60 Å². The van der Waals surface area contributed by atoms with Crippen molar-refractivity contribution in [2.75, 3.05) is 6.35 Å². The number of rotatable bonds is 3. The van der Waals surface area contributed by atoms with Crippen molar-refractivity contribution >= 4 is 7.60 Å². The van der Waals surface area contributed by atoms with Gasteiger partial charge in [0.25, 0.3) is 0 Å². The van der Waals surface area contributed by atoms with Gasteiger partial charge in [-0.1, -0.05) is 0 Å². The zero-order valence-electron chi connectivity index (χ0n) is 5.15. The SMILES string of the molecule is [CH2]C(C)OCP(=O)(O)O. The van der Waals surface area contributed by atoms with Gasteiger partial charge >= 0.3 is 7.60 Å². The van der Waals surface area contributed by atoms with Crippen LogP contribution in [0.5, 0.6) is 0 Å². The fourth-order valence-electron chi connectivity index (χ4n) is 0.224. The smallest absolute Gasteiger partial charge is 0.350 e. The van der Waals surface area contributed by atoms with Gasteiger partial charge in [-0.15, -0.1) is 0 Å². The summed E-state index contributed by atoms with van der Waals surface area (Å²) < 4.78 is 14.6. The van der Waals surface area contributed by atoms with Gasteiger partial charge in [0.15, 0.2) is 0 Å². The standard InChI is InChI=1S/C4H10O4P/c1-4(2)8-3-9(5,6)7/h4H,1,3H2,2H3,(H2,5,6,7). The molecule has 0 fully saturated rings. The highest BCUT2D eigenvalue weighted by Crippen LogP contribution is 2.34. The van der Waals surface area contributed by atoms with E-state index in [-0.39, 0.29) is 6.10 Å². The van der Waals surface area contributed by atoms with Crippen LogP contribution in [-0.4, -0.2) is 22.2 Å². The molecule has 0 aliphatic heterocycles. The van der Waals surface area contributed by atoms with Gasteiger partial charge in [0.2, 0.25) is 0 Å². The van der Waals surface area contributed by atoms with Crippen molar-refractivity contribution in [1.82, 2.24) is 0 Å². The molecule has 55 valence electrons. The van der Waals surface area contributed by atoms with Gasteiger partial charge in [-0.05, 0) is 13.8 Å². The van der Waals surface area contributed by atoms with E-state index in [2.05, 4.69) is 11.7 Å². The molecule has 0 amide bonds. The minimum Gasteiger partial charge on any atom is -0.366 e. The van der Waals surface area contributed by atoms with Crippen molar-refractivity contribution in [3.63, 3.8) is 0 Å². The fraction of sp³-hybridized carbons (Fsp3) is 0.750. The second-order valence-corrected chi connectivity index (χ2v) is 3.36. The summed E-state index contributed by atoms with van der Waals surface area (Å²) in [5, 5.41) is 0. The maximum absolute atomic E-state index is 10.1. The van der Waals surface area contributed by atoms with Crippen molar-refractivity contribution in [2.45, 2.75) is 13.0 Å². The molecule has 0 saturated heterocycles. The monoisotopic (exact) mass is 153 g/mol. The molecule has 5 heteroatoms. The lowest BCUT2D eigenvalue weighted by Crippen LogP contribution is -2.04. The highest BCUT2D eigenvalue weighted by molar-refractivity contribution is 7.51. The first-order chi connectivity index (χ1) is 3.92. The summed E-state index contributed by atoms with van der Waals surface area (Å²) in [4.78, 5) is 16.4. The van der Waals surface area contributed by atoms with Gasteiger partial charge < -0.3 is 14.5 Å². The zero-order chi connectivity index (χ0) is 7.49. The van der Waals surface area contributed by atoms with Crippen molar-refractivity contribution in [3.05, 3.63) is 6.92 Å². The molecule has 0 heterocycles. The Hall–Kier alpha value is 0.110. The van der Waals surface area contributed by atoms with Crippen LogP contribution in [0.4, 0.5) is 0 Å². The Bertz CT molecular complexity index is 116. The Morgan fingerprint density at radius 3 is 2.33 bits per heavy atom. The second-order valence-electron chi connectivity index (χ2n) is 1.77. The van der Waals surface area contributed by atoms with E-state index in [9.17, 15) is 4.57 Å². The molecule has 1 unspecified atom stereocenters. The van der Waals surface area contributed by atoms with E-state index in [4.69, 9.17) is 9.79 Å². The molecule has 2 N–H and O–H groups in total. The Morgan fingerprint density at radius 1 is 1.78 bits per heavy atom. The first-order valence-corrected chi connectivity index (χ1v) is 4.21. The van der Waals surface area contributed by atoms with Crippen LogP contribution < -0.4 is 0 Å². The van der Waals surface area contributed by atoms with E-state index in [1.807, 2.05) is 0 Å². The molecule has 1 radical (unpaired) electrons. The number of hydrogen-bond acceptors (Lipinski definition) is 2. The third kappa shape index (κ3) is 8.11. The Morgan fingerprint density at radius 2 is 2.22 bits per heavy atom. The van der Waals surface area contributed by atoms with Gasteiger partial charge in [-0.25, -0.2) is 0 Å². The van der Waals surface area contributed by atoms with E-state index in [1.165, 1.54) is 0 Å². The molecule has 1 atom stereocenters. The van der Waals surface area contributed by atoms with Crippen LogP contribution in [0.25, 0.3) is 0 Å². The summed E-state index contributed by atoms with van der Waals surface area (Å²) >= 11 is 0. The summed E-state index contributed by atoms with van der Waals surface area (Å²) in [6.45, 7) is 4.98. The molecule has 0 aromatic carbocycles. The van der Waals surface area contributed by atoms with E-state index >= 15 is 0 Å². The third-order valence-electron chi connectivity index (χ3n) is 0.527. The van der Waals surface area contributed by atoms with Crippen LogP contribution in [-0.2, 0) is 9.30 Å². The van der Waals surface area contributed by atoms with Crippen LogP contribution in [0.15, 0.2) is 0 Å². The van der Waals surface area contributed by atoms with Crippen LogP contribution in [0.1, 0.15) is 6.92 Å².